The third kappa shape index (κ3) is 2.04. The molecule has 0 heteroatoms. The van der Waals surface area contributed by atoms with Crippen molar-refractivity contribution in [1.82, 2.24) is 0 Å². The minimum absolute atomic E-state index is 1.14. The molecule has 0 unspecified atom stereocenters. The second-order valence-electron chi connectivity index (χ2n) is 4.07. The summed E-state index contributed by atoms with van der Waals surface area (Å²) in [5, 5.41) is 2.74. The van der Waals surface area contributed by atoms with Crippen molar-refractivity contribution >= 4 is 10.8 Å². The second kappa shape index (κ2) is 4.48. The molecule has 15 heavy (non-hydrogen) atoms. The van der Waals surface area contributed by atoms with E-state index in [1.54, 1.807) is 0 Å². The van der Waals surface area contributed by atoms with Gasteiger partial charge in [0.1, 0.15) is 0 Å². The summed E-state index contributed by atoms with van der Waals surface area (Å²) in [4.78, 5) is 0. The number of aryl methyl sites for hydroxylation is 2. The van der Waals surface area contributed by atoms with Crippen LogP contribution in [0.15, 0.2) is 36.4 Å². The summed E-state index contributed by atoms with van der Waals surface area (Å²) in [5.41, 5.74) is 3.04. The maximum Gasteiger partial charge on any atom is -0.0181 e. The van der Waals surface area contributed by atoms with Crippen molar-refractivity contribution in [2.75, 3.05) is 0 Å². The van der Waals surface area contributed by atoms with Crippen LogP contribution in [0.1, 0.15) is 31.4 Å². The van der Waals surface area contributed by atoms with E-state index < -0.39 is 0 Å². The van der Waals surface area contributed by atoms with E-state index in [4.69, 9.17) is 0 Å². The summed E-state index contributed by atoms with van der Waals surface area (Å²) >= 11 is 0. The van der Waals surface area contributed by atoms with Gasteiger partial charge in [0.15, 0.2) is 0 Å². The van der Waals surface area contributed by atoms with E-state index >= 15 is 0 Å². The normalized spacial score (nSPS) is 10.8. The fourth-order valence-electron chi connectivity index (χ4n) is 2.17. The number of rotatable bonds is 3. The molecular weight excluding hydrogens is 180 g/mol. The highest BCUT2D eigenvalue weighted by molar-refractivity contribution is 5.84. The van der Waals surface area contributed by atoms with Crippen LogP contribution in [0.2, 0.25) is 0 Å². The summed E-state index contributed by atoms with van der Waals surface area (Å²) < 4.78 is 0. The fourth-order valence-corrected chi connectivity index (χ4v) is 2.17. The highest BCUT2D eigenvalue weighted by Gasteiger charge is 2.02. The lowest BCUT2D eigenvalue weighted by molar-refractivity contribution is 0.902. The quantitative estimate of drug-likeness (QED) is 0.687. The molecule has 0 aliphatic heterocycles. The lowest BCUT2D eigenvalue weighted by atomic mass is 9.96. The van der Waals surface area contributed by atoms with E-state index in [1.165, 1.54) is 34.7 Å². The topological polar surface area (TPSA) is 0 Å². The Balaban J connectivity index is 2.58. The predicted molar refractivity (Wildman–Crippen MR) is 67.3 cm³/mol. The average molecular weight is 198 g/mol. The van der Waals surface area contributed by atoms with Crippen LogP contribution >= 0.6 is 0 Å². The van der Waals surface area contributed by atoms with Crippen molar-refractivity contribution in [2.24, 2.45) is 0 Å². The lowest BCUT2D eigenvalue weighted by Gasteiger charge is -2.09. The molecule has 0 saturated heterocycles. The van der Waals surface area contributed by atoms with Crippen molar-refractivity contribution in [3.05, 3.63) is 47.5 Å². The van der Waals surface area contributed by atoms with Gasteiger partial charge in [-0.1, -0.05) is 56.7 Å². The maximum absolute atomic E-state index is 2.36. The van der Waals surface area contributed by atoms with E-state index in [2.05, 4.69) is 50.2 Å². The number of benzene rings is 2. The van der Waals surface area contributed by atoms with Crippen molar-refractivity contribution in [1.29, 1.82) is 0 Å². The fraction of sp³-hybridized carbons (Fsp3) is 0.333. The Morgan fingerprint density at radius 2 is 1.47 bits per heavy atom. The molecule has 0 aliphatic carbocycles. The highest BCUT2D eigenvalue weighted by Crippen LogP contribution is 2.21. The molecule has 0 amide bonds. The molecule has 0 heterocycles. The maximum atomic E-state index is 2.36. The molecule has 0 aromatic heterocycles. The Bertz CT molecular complexity index is 455. The van der Waals surface area contributed by atoms with Gasteiger partial charge in [0.2, 0.25) is 0 Å². The number of hydrogen-bond acceptors (Lipinski definition) is 0. The van der Waals surface area contributed by atoms with Gasteiger partial charge < -0.3 is 0 Å². The lowest BCUT2D eigenvalue weighted by Crippen LogP contribution is -1.92. The molecule has 78 valence electrons. The van der Waals surface area contributed by atoms with E-state index in [-0.39, 0.29) is 0 Å². The summed E-state index contributed by atoms with van der Waals surface area (Å²) in [7, 11) is 0. The Hall–Kier alpha value is -1.30. The first-order valence-electron chi connectivity index (χ1n) is 5.85. The average Bonchev–Trinajstić information content (AvgIpc) is 2.28. The van der Waals surface area contributed by atoms with E-state index in [9.17, 15) is 0 Å². The summed E-state index contributed by atoms with van der Waals surface area (Å²) in [6.45, 7) is 4.48. The van der Waals surface area contributed by atoms with Crippen LogP contribution < -0.4 is 0 Å². The molecule has 0 nitrogen and oxygen atoms in total. The van der Waals surface area contributed by atoms with Crippen molar-refractivity contribution in [2.45, 2.75) is 33.1 Å². The molecule has 0 saturated carbocycles. The summed E-state index contributed by atoms with van der Waals surface area (Å²) in [5.74, 6) is 0. The summed E-state index contributed by atoms with van der Waals surface area (Å²) in [6, 6.07) is 13.3. The number of fused-ring (bicyclic) bond motifs is 1. The highest BCUT2D eigenvalue weighted by atomic mass is 14.1. The Morgan fingerprint density at radius 3 is 2.00 bits per heavy atom. The van der Waals surface area contributed by atoms with Crippen molar-refractivity contribution < 1.29 is 0 Å². The van der Waals surface area contributed by atoms with Gasteiger partial charge in [-0.25, -0.2) is 0 Å². The largest absolute Gasteiger partial charge is 0.0651 e. The molecule has 0 atom stereocenters. The van der Waals surface area contributed by atoms with E-state index in [0.717, 1.165) is 6.42 Å². The smallest absolute Gasteiger partial charge is 0.0181 e. The number of hydrogen-bond donors (Lipinski definition) is 0. The van der Waals surface area contributed by atoms with Gasteiger partial charge in [-0.15, -0.1) is 0 Å². The zero-order valence-corrected chi connectivity index (χ0v) is 9.59. The van der Waals surface area contributed by atoms with E-state index in [0.29, 0.717) is 0 Å². The van der Waals surface area contributed by atoms with Gasteiger partial charge in [-0.05, 0) is 34.7 Å². The first-order chi connectivity index (χ1) is 7.35. The van der Waals surface area contributed by atoms with Gasteiger partial charge in [-0.3, -0.25) is 0 Å². The third-order valence-corrected chi connectivity index (χ3v) is 2.97. The van der Waals surface area contributed by atoms with Crippen LogP contribution in [0.25, 0.3) is 10.8 Å². The van der Waals surface area contributed by atoms with Gasteiger partial charge >= 0.3 is 0 Å². The van der Waals surface area contributed by atoms with Gasteiger partial charge in [-0.2, -0.15) is 0 Å². The molecule has 0 fully saturated rings. The van der Waals surface area contributed by atoms with Crippen LogP contribution in [0.3, 0.4) is 0 Å². The zero-order valence-electron chi connectivity index (χ0n) is 9.59. The Labute approximate surface area is 91.9 Å². The van der Waals surface area contributed by atoms with Gasteiger partial charge in [0, 0.05) is 0 Å². The van der Waals surface area contributed by atoms with Gasteiger partial charge in [0.25, 0.3) is 0 Å². The minimum atomic E-state index is 1.14. The van der Waals surface area contributed by atoms with Crippen molar-refractivity contribution in [3.8, 4) is 0 Å². The van der Waals surface area contributed by atoms with Crippen LogP contribution in [0, 0.1) is 0 Å². The standard InChI is InChI=1S/C15H18/c1-3-7-13-11-15-9-6-5-8-14(15)10-12(13)4-2/h5-6,8-11H,3-4,7H2,1-2H3. The molecule has 0 bridgehead atoms. The first-order valence-corrected chi connectivity index (χ1v) is 5.85. The predicted octanol–water partition coefficient (Wildman–Crippen LogP) is 4.35. The Kier molecular flexibility index (Phi) is 3.05. The van der Waals surface area contributed by atoms with Crippen LogP contribution in [-0.4, -0.2) is 0 Å². The second-order valence-corrected chi connectivity index (χ2v) is 4.07. The molecule has 0 spiro atoms. The first kappa shape index (κ1) is 10.2. The van der Waals surface area contributed by atoms with E-state index in [1.807, 2.05) is 0 Å². The van der Waals surface area contributed by atoms with Crippen molar-refractivity contribution in [3.63, 3.8) is 0 Å². The van der Waals surface area contributed by atoms with Crippen LogP contribution in [-0.2, 0) is 12.8 Å². The molecule has 2 aromatic rings. The molecule has 2 aromatic carbocycles. The summed E-state index contributed by atoms with van der Waals surface area (Å²) in [6.07, 6.45) is 3.57. The van der Waals surface area contributed by atoms with Crippen LogP contribution in [0.4, 0.5) is 0 Å². The monoisotopic (exact) mass is 198 g/mol. The molecule has 2 rings (SSSR count). The van der Waals surface area contributed by atoms with Gasteiger partial charge in [0.05, 0.1) is 0 Å². The minimum Gasteiger partial charge on any atom is -0.0651 e. The molecule has 0 N–H and O–H groups in total. The zero-order chi connectivity index (χ0) is 10.7. The van der Waals surface area contributed by atoms with Crippen LogP contribution in [0.5, 0.6) is 0 Å². The molecular formula is C15H18. The Morgan fingerprint density at radius 1 is 0.867 bits per heavy atom. The third-order valence-electron chi connectivity index (χ3n) is 2.97. The molecule has 0 radical (unpaired) electrons. The SMILES string of the molecule is CCCc1cc2ccccc2cc1CC. The molecule has 0 aliphatic rings.